The number of hydrogen-bond donors (Lipinski definition) is 1. The van der Waals surface area contributed by atoms with Crippen molar-refractivity contribution in [2.24, 2.45) is 0 Å². The molecule has 1 N–H and O–H groups in total. The molecule has 5 rings (SSSR count). The van der Waals surface area contributed by atoms with Crippen molar-refractivity contribution in [3.63, 3.8) is 0 Å². The Morgan fingerprint density at radius 3 is 2.03 bits per heavy atom. The van der Waals surface area contributed by atoms with Crippen LogP contribution in [0.15, 0.2) is 72.8 Å². The molecule has 2 heterocycles. The van der Waals surface area contributed by atoms with Crippen LogP contribution >= 0.6 is 23.2 Å². The first-order chi connectivity index (χ1) is 17.0. The molecular weight excluding hydrogens is 520 g/mol. The van der Waals surface area contributed by atoms with Gasteiger partial charge in [-0.1, -0.05) is 35.3 Å². The summed E-state index contributed by atoms with van der Waals surface area (Å²) in [7, 11) is 0. The van der Waals surface area contributed by atoms with Crippen LogP contribution in [0.1, 0.15) is 12.0 Å². The summed E-state index contributed by atoms with van der Waals surface area (Å²) in [4.78, 5) is 16.7. The van der Waals surface area contributed by atoms with Crippen LogP contribution in [-0.4, -0.2) is 36.3 Å². The predicted molar refractivity (Wildman–Crippen MR) is 128 cm³/mol. The fourth-order valence-corrected chi connectivity index (χ4v) is 5.19. The second-order valence-electron chi connectivity index (χ2n) is 8.49. The standard InChI is InChI=1S/C25H19Cl2F3N2O4/c26-17-4-8-19(9-5-17)31-22(33)32(20-10-6-18(27)7-11-20)24(34,23(31)12-13-35-15-23)16-2-1-3-21(14-16)36-25(28,29)30/h1-11,14,34H,12-13,15H2. The molecule has 11 heteroatoms. The molecular formula is C25H19Cl2F3N2O4. The minimum atomic E-state index is -4.94. The topological polar surface area (TPSA) is 62.2 Å². The number of anilines is 2. The third kappa shape index (κ3) is 3.96. The van der Waals surface area contributed by atoms with Crippen molar-refractivity contribution in [2.75, 3.05) is 23.0 Å². The number of carbonyl (C=O) groups is 1. The van der Waals surface area contributed by atoms with Crippen LogP contribution in [0.5, 0.6) is 5.75 Å². The van der Waals surface area contributed by atoms with Gasteiger partial charge in [-0.25, -0.2) is 4.79 Å². The molecule has 188 valence electrons. The van der Waals surface area contributed by atoms with E-state index in [9.17, 15) is 23.1 Å². The Kier molecular flexibility index (Phi) is 6.07. The highest BCUT2D eigenvalue weighted by molar-refractivity contribution is 6.31. The average Bonchev–Trinajstić information content (AvgIpc) is 3.38. The lowest BCUT2D eigenvalue weighted by Crippen LogP contribution is -2.60. The molecule has 0 aliphatic carbocycles. The molecule has 2 atom stereocenters. The molecule has 3 aromatic carbocycles. The number of hydrogen-bond acceptors (Lipinski definition) is 4. The summed E-state index contributed by atoms with van der Waals surface area (Å²) < 4.78 is 48.8. The van der Waals surface area contributed by atoms with Crippen LogP contribution in [0.25, 0.3) is 0 Å². The Bertz CT molecular complexity index is 1280. The van der Waals surface area contributed by atoms with Crippen LogP contribution < -0.4 is 14.5 Å². The van der Waals surface area contributed by atoms with Crippen LogP contribution in [0, 0.1) is 0 Å². The zero-order valence-corrected chi connectivity index (χ0v) is 20.0. The van der Waals surface area contributed by atoms with Crippen LogP contribution in [0.2, 0.25) is 10.0 Å². The minimum Gasteiger partial charge on any atom is -0.406 e. The van der Waals surface area contributed by atoms with Crippen LogP contribution in [0.3, 0.4) is 0 Å². The van der Waals surface area contributed by atoms with Gasteiger partial charge < -0.3 is 14.6 Å². The molecule has 3 aromatic rings. The number of amides is 2. The van der Waals surface area contributed by atoms with E-state index in [4.69, 9.17) is 27.9 Å². The molecule has 2 saturated heterocycles. The van der Waals surface area contributed by atoms with Gasteiger partial charge in [-0.15, -0.1) is 13.2 Å². The van der Waals surface area contributed by atoms with Crippen molar-refractivity contribution in [3.8, 4) is 5.75 Å². The highest BCUT2D eigenvalue weighted by atomic mass is 35.5. The quantitative estimate of drug-likeness (QED) is 0.420. The van der Waals surface area contributed by atoms with Crippen LogP contribution in [-0.2, 0) is 10.5 Å². The van der Waals surface area contributed by atoms with Gasteiger partial charge in [0.15, 0.2) is 5.72 Å². The number of aliphatic hydroxyl groups is 1. The van der Waals surface area contributed by atoms with E-state index in [1.165, 1.54) is 17.0 Å². The van der Waals surface area contributed by atoms with E-state index < -0.39 is 29.4 Å². The van der Waals surface area contributed by atoms with Gasteiger partial charge in [0.05, 0.1) is 6.61 Å². The first kappa shape index (κ1) is 24.7. The molecule has 0 aromatic heterocycles. The van der Waals surface area contributed by atoms with E-state index in [1.807, 2.05) is 0 Å². The van der Waals surface area contributed by atoms with Crippen molar-refractivity contribution in [2.45, 2.75) is 24.0 Å². The summed E-state index contributed by atoms with van der Waals surface area (Å²) in [5.74, 6) is -0.532. The number of ether oxygens (including phenoxy) is 2. The summed E-state index contributed by atoms with van der Waals surface area (Å²) >= 11 is 12.1. The lowest BCUT2D eigenvalue weighted by Gasteiger charge is -2.44. The monoisotopic (exact) mass is 538 g/mol. The van der Waals surface area contributed by atoms with E-state index >= 15 is 0 Å². The SMILES string of the molecule is O=C1N(c2ccc(Cl)cc2)C2(CCOC2)C(O)(c2cccc(OC(F)(F)F)c2)N1c1ccc(Cl)cc1. The van der Waals surface area contributed by atoms with Gasteiger partial charge in [-0.05, 0) is 60.7 Å². The molecule has 1 spiro atoms. The Balaban J connectivity index is 1.75. The number of nitrogens with zero attached hydrogens (tertiary/aromatic N) is 2. The first-order valence-electron chi connectivity index (χ1n) is 10.9. The van der Waals surface area contributed by atoms with Crippen molar-refractivity contribution in [1.82, 2.24) is 0 Å². The summed E-state index contributed by atoms with van der Waals surface area (Å²) in [6, 6.07) is 17.1. The molecule has 0 radical (unpaired) electrons. The normalized spacial score (nSPS) is 24.1. The maximum atomic E-state index is 14.1. The van der Waals surface area contributed by atoms with Gasteiger partial charge in [0.25, 0.3) is 0 Å². The largest absolute Gasteiger partial charge is 0.573 e. The van der Waals surface area contributed by atoms with Gasteiger partial charge in [0.2, 0.25) is 0 Å². The number of carbonyl (C=O) groups excluding carboxylic acids is 1. The van der Waals surface area contributed by atoms with Crippen molar-refractivity contribution >= 4 is 40.6 Å². The molecule has 2 fully saturated rings. The summed E-state index contributed by atoms with van der Waals surface area (Å²) in [5, 5.41) is 13.4. The number of benzene rings is 3. The summed E-state index contributed by atoms with van der Waals surface area (Å²) in [6.07, 6.45) is -4.74. The molecule has 2 aliphatic heterocycles. The van der Waals surface area contributed by atoms with Gasteiger partial charge in [-0.3, -0.25) is 9.80 Å². The molecule has 2 aliphatic rings. The molecule has 0 saturated carbocycles. The third-order valence-corrected chi connectivity index (χ3v) is 6.93. The maximum absolute atomic E-state index is 14.1. The zero-order valence-electron chi connectivity index (χ0n) is 18.5. The molecule has 36 heavy (non-hydrogen) atoms. The predicted octanol–water partition coefficient (Wildman–Crippen LogP) is 6.34. The minimum absolute atomic E-state index is 0.0227. The Hall–Kier alpha value is -2.98. The number of urea groups is 1. The molecule has 6 nitrogen and oxygen atoms in total. The zero-order chi connectivity index (χ0) is 25.7. The number of halogens is 5. The van der Waals surface area contributed by atoms with E-state index in [2.05, 4.69) is 4.74 Å². The van der Waals surface area contributed by atoms with E-state index in [1.54, 1.807) is 48.5 Å². The smallest absolute Gasteiger partial charge is 0.406 e. The Morgan fingerprint density at radius 2 is 1.50 bits per heavy atom. The summed E-state index contributed by atoms with van der Waals surface area (Å²) in [5.41, 5.74) is -2.80. The van der Waals surface area contributed by atoms with E-state index in [0.29, 0.717) is 15.7 Å². The average molecular weight is 539 g/mol. The molecule has 2 amide bonds. The fraction of sp³-hybridized carbons (Fsp3) is 0.240. The van der Waals surface area contributed by atoms with Crippen LogP contribution in [0.4, 0.5) is 29.3 Å². The lowest BCUT2D eigenvalue weighted by atomic mass is 9.79. The number of alkyl halides is 3. The second kappa shape index (κ2) is 8.85. The molecule has 2 unspecified atom stereocenters. The Labute approximate surface area is 214 Å². The van der Waals surface area contributed by atoms with Gasteiger partial charge in [0, 0.05) is 40.0 Å². The highest BCUT2D eigenvalue weighted by Gasteiger charge is 2.70. The van der Waals surface area contributed by atoms with Gasteiger partial charge >= 0.3 is 12.4 Å². The summed E-state index contributed by atoms with van der Waals surface area (Å²) in [6.45, 7) is 0.138. The first-order valence-corrected chi connectivity index (χ1v) is 11.6. The second-order valence-corrected chi connectivity index (χ2v) is 9.36. The van der Waals surface area contributed by atoms with Gasteiger partial charge in [0.1, 0.15) is 11.3 Å². The van der Waals surface area contributed by atoms with Crippen molar-refractivity contribution in [3.05, 3.63) is 88.4 Å². The van der Waals surface area contributed by atoms with E-state index in [-0.39, 0.29) is 30.9 Å². The Morgan fingerprint density at radius 1 is 0.917 bits per heavy atom. The number of rotatable bonds is 4. The third-order valence-electron chi connectivity index (χ3n) is 6.42. The maximum Gasteiger partial charge on any atom is 0.573 e. The van der Waals surface area contributed by atoms with Crippen molar-refractivity contribution in [1.29, 1.82) is 0 Å². The highest BCUT2D eigenvalue weighted by Crippen LogP contribution is 2.54. The van der Waals surface area contributed by atoms with Gasteiger partial charge in [-0.2, -0.15) is 0 Å². The fourth-order valence-electron chi connectivity index (χ4n) is 4.93. The van der Waals surface area contributed by atoms with E-state index in [0.717, 1.165) is 17.0 Å². The van der Waals surface area contributed by atoms with Crippen molar-refractivity contribution < 1.29 is 32.5 Å². The molecule has 0 bridgehead atoms. The lowest BCUT2D eigenvalue weighted by molar-refractivity contribution is -0.274.